The molecule has 0 radical (unpaired) electrons. The van der Waals surface area contributed by atoms with E-state index < -0.39 is 34.8 Å². The first-order valence-corrected chi connectivity index (χ1v) is 10.1. The number of ether oxygens (including phenoxy) is 1. The quantitative estimate of drug-likeness (QED) is 0.352. The smallest absolute Gasteiger partial charge is 0.416 e. The molecule has 4 rings (SSSR count). The van der Waals surface area contributed by atoms with Gasteiger partial charge in [0.25, 0.3) is 5.91 Å². The van der Waals surface area contributed by atoms with Crippen LogP contribution >= 0.6 is 0 Å². The van der Waals surface area contributed by atoms with Crippen LogP contribution in [0.5, 0.6) is 5.75 Å². The summed E-state index contributed by atoms with van der Waals surface area (Å²) < 4.78 is 80.1. The van der Waals surface area contributed by atoms with Crippen LogP contribution in [0.3, 0.4) is 0 Å². The summed E-state index contributed by atoms with van der Waals surface area (Å²) in [7, 11) is 0. The van der Waals surface area contributed by atoms with E-state index in [9.17, 15) is 26.7 Å². The number of halogens is 5. The van der Waals surface area contributed by atoms with E-state index in [2.05, 4.69) is 15.6 Å². The third-order valence-electron chi connectivity index (χ3n) is 4.85. The molecule has 0 saturated heterocycles. The lowest BCUT2D eigenvalue weighted by Crippen LogP contribution is -2.16. The number of benzene rings is 2. The summed E-state index contributed by atoms with van der Waals surface area (Å²) >= 11 is 0. The van der Waals surface area contributed by atoms with Crippen LogP contribution in [0.4, 0.5) is 27.8 Å². The van der Waals surface area contributed by atoms with Crippen molar-refractivity contribution in [1.82, 2.24) is 14.9 Å². The second-order valence-corrected chi connectivity index (χ2v) is 7.48. The van der Waals surface area contributed by atoms with Crippen molar-refractivity contribution in [3.63, 3.8) is 0 Å². The Kier molecular flexibility index (Phi) is 6.54. The molecule has 2 aromatic carbocycles. The number of nitrogens with zero attached hydrogens (tertiary/aromatic N) is 3. The molecule has 1 amide bonds. The lowest BCUT2D eigenvalue weighted by atomic mass is 10.1. The van der Waals surface area contributed by atoms with Gasteiger partial charge in [-0.25, -0.2) is 8.78 Å². The van der Waals surface area contributed by atoms with Crippen molar-refractivity contribution in [2.45, 2.75) is 26.3 Å². The van der Waals surface area contributed by atoms with Gasteiger partial charge in [-0.1, -0.05) is 17.3 Å². The Morgan fingerprint density at radius 1 is 1.11 bits per heavy atom. The zero-order chi connectivity index (χ0) is 25.2. The summed E-state index contributed by atoms with van der Waals surface area (Å²) in [6.07, 6.45) is -3.35. The highest BCUT2D eigenvalue weighted by molar-refractivity contribution is 6.04. The zero-order valence-electron chi connectivity index (χ0n) is 18.1. The van der Waals surface area contributed by atoms with Crippen molar-refractivity contribution in [1.29, 1.82) is 0 Å². The number of carbonyl (C=O) groups is 1. The number of hydrogen-bond acceptors (Lipinski definition) is 5. The number of aromatic nitrogens is 3. The van der Waals surface area contributed by atoms with E-state index in [4.69, 9.17) is 9.26 Å². The van der Waals surface area contributed by atoms with Gasteiger partial charge in [-0.15, -0.1) is 0 Å². The van der Waals surface area contributed by atoms with Crippen LogP contribution in [0.15, 0.2) is 59.3 Å². The van der Waals surface area contributed by atoms with E-state index in [0.717, 1.165) is 28.9 Å². The Hall–Kier alpha value is -4.22. The first-order chi connectivity index (χ1) is 16.6. The maximum Gasteiger partial charge on any atom is 0.416 e. The van der Waals surface area contributed by atoms with Gasteiger partial charge >= 0.3 is 6.18 Å². The number of rotatable bonds is 7. The topological polar surface area (TPSA) is 82.2 Å². The summed E-state index contributed by atoms with van der Waals surface area (Å²) in [6.45, 7) is 1.32. The lowest BCUT2D eigenvalue weighted by Gasteiger charge is -2.15. The van der Waals surface area contributed by atoms with Crippen LogP contribution in [0.25, 0.3) is 0 Å². The SMILES string of the molecule is Cc1cc(COc2ccc(Cn3ccc(NC(=O)c4c(F)cccc4F)n3)c(C(F)(F)F)c2)no1. The van der Waals surface area contributed by atoms with E-state index in [1.807, 2.05) is 0 Å². The van der Waals surface area contributed by atoms with Gasteiger partial charge in [0.1, 0.15) is 41.0 Å². The molecule has 182 valence electrons. The van der Waals surface area contributed by atoms with Gasteiger partial charge in [0.05, 0.1) is 12.1 Å². The van der Waals surface area contributed by atoms with Gasteiger partial charge in [0, 0.05) is 18.3 Å². The number of nitrogens with one attached hydrogen (secondary N) is 1. The van der Waals surface area contributed by atoms with Crippen molar-refractivity contribution in [3.05, 3.63) is 94.5 Å². The summed E-state index contributed by atoms with van der Waals surface area (Å²) in [5, 5.41) is 9.93. The molecular weight excluding hydrogens is 475 g/mol. The molecule has 0 spiro atoms. The van der Waals surface area contributed by atoms with E-state index in [0.29, 0.717) is 11.5 Å². The molecule has 0 aliphatic heterocycles. The van der Waals surface area contributed by atoms with Crippen LogP contribution in [-0.4, -0.2) is 20.8 Å². The summed E-state index contributed by atoms with van der Waals surface area (Å²) in [6, 6.07) is 9.36. The average Bonchev–Trinajstić information content (AvgIpc) is 3.40. The summed E-state index contributed by atoms with van der Waals surface area (Å²) in [5.41, 5.74) is -1.40. The zero-order valence-corrected chi connectivity index (χ0v) is 18.1. The summed E-state index contributed by atoms with van der Waals surface area (Å²) in [5.74, 6) is -2.75. The molecule has 1 N–H and O–H groups in total. The van der Waals surface area contributed by atoms with Crippen molar-refractivity contribution in [2.24, 2.45) is 0 Å². The molecule has 0 bridgehead atoms. The maximum atomic E-state index is 13.8. The maximum absolute atomic E-state index is 13.8. The number of alkyl halides is 3. The van der Waals surface area contributed by atoms with Crippen molar-refractivity contribution >= 4 is 11.7 Å². The number of carbonyl (C=O) groups excluding carboxylic acids is 1. The molecular formula is C23H17F5N4O3. The molecule has 0 aliphatic carbocycles. The van der Waals surface area contributed by atoms with Gasteiger partial charge in [-0.2, -0.15) is 18.3 Å². The molecule has 0 atom stereocenters. The predicted octanol–water partition coefficient (Wildman–Crippen LogP) is 5.36. The Morgan fingerprint density at radius 2 is 1.86 bits per heavy atom. The largest absolute Gasteiger partial charge is 0.487 e. The van der Waals surface area contributed by atoms with Gasteiger partial charge in [0.2, 0.25) is 0 Å². The number of amides is 1. The van der Waals surface area contributed by atoms with Crippen LogP contribution in [0, 0.1) is 18.6 Å². The van der Waals surface area contributed by atoms with Crippen LogP contribution in [-0.2, 0) is 19.3 Å². The Balaban J connectivity index is 1.49. The van der Waals surface area contributed by atoms with Gasteiger partial charge in [-0.05, 0) is 36.8 Å². The highest BCUT2D eigenvalue weighted by Gasteiger charge is 2.34. The minimum Gasteiger partial charge on any atom is -0.487 e. The predicted molar refractivity (Wildman–Crippen MR) is 113 cm³/mol. The molecule has 12 heteroatoms. The summed E-state index contributed by atoms with van der Waals surface area (Å²) in [4.78, 5) is 12.2. The van der Waals surface area contributed by atoms with E-state index >= 15 is 0 Å². The molecule has 0 unspecified atom stereocenters. The number of aryl methyl sites for hydroxylation is 1. The van der Waals surface area contributed by atoms with Crippen LogP contribution < -0.4 is 10.1 Å². The van der Waals surface area contributed by atoms with Gasteiger partial charge < -0.3 is 14.6 Å². The first kappa shape index (κ1) is 23.9. The normalized spacial score (nSPS) is 11.5. The Morgan fingerprint density at radius 3 is 2.51 bits per heavy atom. The lowest BCUT2D eigenvalue weighted by molar-refractivity contribution is -0.138. The Labute approximate surface area is 195 Å². The highest BCUT2D eigenvalue weighted by atomic mass is 19.4. The molecule has 7 nitrogen and oxygen atoms in total. The molecule has 0 aliphatic rings. The van der Waals surface area contributed by atoms with Crippen LogP contribution in [0.1, 0.15) is 32.9 Å². The fourth-order valence-corrected chi connectivity index (χ4v) is 3.27. The number of hydrogen-bond donors (Lipinski definition) is 1. The molecule has 4 aromatic rings. The average molecular weight is 492 g/mol. The van der Waals surface area contributed by atoms with E-state index in [-0.39, 0.29) is 30.3 Å². The molecule has 2 heterocycles. The monoisotopic (exact) mass is 492 g/mol. The first-order valence-electron chi connectivity index (χ1n) is 10.1. The fourth-order valence-electron chi connectivity index (χ4n) is 3.27. The standard InChI is InChI=1S/C23H17F5N4O3/c1-13-9-15(31-35-13)12-34-16-6-5-14(17(10-16)23(26,27)28)11-32-8-7-20(30-32)29-22(33)21-18(24)3-2-4-19(21)25/h2-10H,11-12H2,1H3,(H,29,30,33). The number of anilines is 1. The highest BCUT2D eigenvalue weighted by Crippen LogP contribution is 2.35. The molecule has 0 saturated carbocycles. The third-order valence-corrected chi connectivity index (χ3v) is 4.85. The van der Waals surface area contributed by atoms with Gasteiger partial charge in [-0.3, -0.25) is 9.48 Å². The second kappa shape index (κ2) is 9.57. The minimum atomic E-state index is -4.67. The molecule has 0 fully saturated rings. The molecule has 2 aromatic heterocycles. The van der Waals surface area contributed by atoms with Crippen molar-refractivity contribution in [2.75, 3.05) is 5.32 Å². The van der Waals surface area contributed by atoms with Gasteiger partial charge in [0.15, 0.2) is 5.82 Å². The van der Waals surface area contributed by atoms with Crippen LogP contribution in [0.2, 0.25) is 0 Å². The molecule has 35 heavy (non-hydrogen) atoms. The second-order valence-electron chi connectivity index (χ2n) is 7.48. The fraction of sp³-hybridized carbons (Fsp3) is 0.174. The van der Waals surface area contributed by atoms with E-state index in [1.165, 1.54) is 24.4 Å². The van der Waals surface area contributed by atoms with E-state index in [1.54, 1.807) is 13.0 Å². The minimum absolute atomic E-state index is 0.0120. The van der Waals surface area contributed by atoms with Crippen molar-refractivity contribution in [3.8, 4) is 5.75 Å². The Bertz CT molecular complexity index is 1340. The third kappa shape index (κ3) is 5.65. The van der Waals surface area contributed by atoms with Crippen molar-refractivity contribution < 1.29 is 36.0 Å².